The van der Waals surface area contributed by atoms with Gasteiger partial charge < -0.3 is 10.1 Å². The molecule has 2 rings (SSSR count). The highest BCUT2D eigenvalue weighted by atomic mass is 32.2. The Hall–Kier alpha value is -2.99. The molecule has 0 aliphatic carbocycles. The van der Waals surface area contributed by atoms with E-state index in [9.17, 15) is 9.18 Å². The number of nitrogens with zero attached hydrogens (tertiary/aromatic N) is 4. The third-order valence-electron chi connectivity index (χ3n) is 3.51. The Bertz CT molecular complexity index is 873. The summed E-state index contributed by atoms with van der Waals surface area (Å²) in [6.45, 7) is 5.66. The summed E-state index contributed by atoms with van der Waals surface area (Å²) >= 11 is 1.14. The fourth-order valence-electron chi connectivity index (χ4n) is 2.15. The number of nitrogens with one attached hydrogen (secondary N) is 1. The number of carbonyl (C=O) groups is 1. The summed E-state index contributed by atoms with van der Waals surface area (Å²) in [5, 5.41) is 25.1. The van der Waals surface area contributed by atoms with Crippen molar-refractivity contribution in [3.63, 3.8) is 0 Å². The predicted molar refractivity (Wildman–Crippen MR) is 99.2 cm³/mol. The van der Waals surface area contributed by atoms with Crippen LogP contribution < -0.4 is 4.74 Å². The van der Waals surface area contributed by atoms with E-state index in [-0.39, 0.29) is 29.7 Å². The van der Waals surface area contributed by atoms with Gasteiger partial charge >= 0.3 is 0 Å². The SMILES string of the molecule is C=CCn1c(COc2ccc(F)cc2)nnc1SCC(=O)C(C#N)C(C)=N. The fraction of sp³-hybridized carbons (Fsp3) is 0.278. The number of halogens is 1. The molecule has 0 saturated heterocycles. The van der Waals surface area contributed by atoms with Crippen molar-refractivity contribution in [2.45, 2.75) is 25.2 Å². The topological polar surface area (TPSA) is 105 Å². The minimum absolute atomic E-state index is 0.00252. The van der Waals surface area contributed by atoms with E-state index in [1.54, 1.807) is 10.6 Å². The molecule has 0 aliphatic heterocycles. The van der Waals surface area contributed by atoms with Crippen molar-refractivity contribution in [3.05, 3.63) is 48.6 Å². The average Bonchev–Trinajstić information content (AvgIpc) is 3.02. The van der Waals surface area contributed by atoms with Crippen LogP contribution in [0.25, 0.3) is 0 Å². The van der Waals surface area contributed by atoms with Gasteiger partial charge in [0.15, 0.2) is 16.8 Å². The second-order valence-corrected chi connectivity index (χ2v) is 6.48. The summed E-state index contributed by atoms with van der Waals surface area (Å²) in [4.78, 5) is 12.1. The van der Waals surface area contributed by atoms with Crippen LogP contribution in [0.4, 0.5) is 4.39 Å². The van der Waals surface area contributed by atoms with Crippen molar-refractivity contribution in [2.75, 3.05) is 5.75 Å². The van der Waals surface area contributed by atoms with E-state index in [1.807, 2.05) is 6.07 Å². The number of rotatable bonds is 10. The second kappa shape index (κ2) is 9.64. The van der Waals surface area contributed by atoms with E-state index in [0.717, 1.165) is 11.8 Å². The van der Waals surface area contributed by atoms with Crippen molar-refractivity contribution < 1.29 is 13.9 Å². The number of aromatic nitrogens is 3. The summed E-state index contributed by atoms with van der Waals surface area (Å²) in [5.41, 5.74) is 0.0176. The number of hydrogen-bond acceptors (Lipinski definition) is 7. The van der Waals surface area contributed by atoms with Crippen molar-refractivity contribution >= 4 is 23.3 Å². The zero-order valence-electron chi connectivity index (χ0n) is 14.7. The second-order valence-electron chi connectivity index (χ2n) is 5.54. The summed E-state index contributed by atoms with van der Waals surface area (Å²) in [6.07, 6.45) is 1.66. The Balaban J connectivity index is 2.06. The molecule has 7 nitrogen and oxygen atoms in total. The van der Waals surface area contributed by atoms with E-state index >= 15 is 0 Å². The number of carbonyl (C=O) groups excluding carboxylic acids is 1. The molecule has 0 radical (unpaired) electrons. The summed E-state index contributed by atoms with van der Waals surface area (Å²) in [6, 6.07) is 7.46. The minimum atomic E-state index is -1.05. The Labute approximate surface area is 160 Å². The number of thioether (sulfide) groups is 1. The summed E-state index contributed by atoms with van der Waals surface area (Å²) < 4.78 is 20.3. The maximum Gasteiger partial charge on any atom is 0.192 e. The minimum Gasteiger partial charge on any atom is -0.486 e. The molecule has 0 bridgehead atoms. The molecule has 1 N–H and O–H groups in total. The lowest BCUT2D eigenvalue weighted by molar-refractivity contribution is -0.117. The number of ether oxygens (including phenoxy) is 1. The Morgan fingerprint density at radius 3 is 2.78 bits per heavy atom. The van der Waals surface area contributed by atoms with Crippen LogP contribution in [0.15, 0.2) is 42.1 Å². The highest BCUT2D eigenvalue weighted by Gasteiger charge is 2.21. The van der Waals surface area contributed by atoms with Gasteiger partial charge in [0.2, 0.25) is 0 Å². The fourth-order valence-corrected chi connectivity index (χ4v) is 3.03. The van der Waals surface area contributed by atoms with Crippen molar-refractivity contribution in [2.24, 2.45) is 5.92 Å². The lowest BCUT2D eigenvalue weighted by Gasteiger charge is -2.09. The number of hydrogen-bond donors (Lipinski definition) is 1. The lowest BCUT2D eigenvalue weighted by atomic mass is 10.0. The van der Waals surface area contributed by atoms with Gasteiger partial charge in [-0.15, -0.1) is 16.8 Å². The third-order valence-corrected chi connectivity index (χ3v) is 4.50. The van der Waals surface area contributed by atoms with Crippen LogP contribution in [0.5, 0.6) is 5.75 Å². The number of ketones is 1. The van der Waals surface area contributed by atoms with E-state index in [2.05, 4.69) is 16.8 Å². The lowest BCUT2D eigenvalue weighted by Crippen LogP contribution is -2.21. The molecule has 1 aromatic carbocycles. The molecule has 1 aromatic heterocycles. The van der Waals surface area contributed by atoms with E-state index in [0.29, 0.717) is 23.3 Å². The molecule has 9 heteroatoms. The first kappa shape index (κ1) is 20.3. The Kier molecular flexibility index (Phi) is 7.25. The monoisotopic (exact) mass is 387 g/mol. The van der Waals surface area contributed by atoms with Crippen LogP contribution >= 0.6 is 11.8 Å². The molecular formula is C18H18FN5O2S. The highest BCUT2D eigenvalue weighted by molar-refractivity contribution is 7.99. The first-order chi connectivity index (χ1) is 13.0. The van der Waals surface area contributed by atoms with Crippen LogP contribution in [-0.2, 0) is 17.9 Å². The Morgan fingerprint density at radius 1 is 1.48 bits per heavy atom. The molecule has 1 unspecified atom stereocenters. The molecule has 0 spiro atoms. The number of nitriles is 1. The molecule has 2 aromatic rings. The molecule has 27 heavy (non-hydrogen) atoms. The molecule has 1 atom stereocenters. The predicted octanol–water partition coefficient (Wildman–Crippen LogP) is 3.02. The van der Waals surface area contributed by atoms with E-state index in [4.69, 9.17) is 15.4 Å². The van der Waals surface area contributed by atoms with Gasteiger partial charge in [-0.05, 0) is 31.2 Å². The molecule has 0 fully saturated rings. The van der Waals surface area contributed by atoms with Crippen LogP contribution in [0.1, 0.15) is 12.7 Å². The molecular weight excluding hydrogens is 369 g/mol. The molecule has 140 valence electrons. The van der Waals surface area contributed by atoms with Gasteiger partial charge in [0, 0.05) is 12.3 Å². The van der Waals surface area contributed by atoms with Gasteiger partial charge in [-0.2, -0.15) is 5.26 Å². The number of Topliss-reactive ketones (excluding diaryl/α,β-unsaturated/α-hetero) is 1. The summed E-state index contributed by atoms with van der Waals surface area (Å²) in [5.74, 6) is -0.734. The van der Waals surface area contributed by atoms with Crippen molar-refractivity contribution in [1.82, 2.24) is 14.8 Å². The summed E-state index contributed by atoms with van der Waals surface area (Å²) in [7, 11) is 0. The average molecular weight is 387 g/mol. The van der Waals surface area contributed by atoms with Gasteiger partial charge in [-0.25, -0.2) is 4.39 Å². The van der Waals surface area contributed by atoms with Crippen molar-refractivity contribution in [3.8, 4) is 11.8 Å². The quantitative estimate of drug-likeness (QED) is 0.382. The van der Waals surface area contributed by atoms with E-state index in [1.165, 1.54) is 31.2 Å². The molecule has 0 aliphatic rings. The van der Waals surface area contributed by atoms with Crippen LogP contribution in [0.2, 0.25) is 0 Å². The van der Waals surface area contributed by atoms with Gasteiger partial charge in [0.25, 0.3) is 0 Å². The standard InChI is InChI=1S/C18H18FN5O2S/c1-3-8-24-17(10-26-14-6-4-13(19)5-7-14)22-23-18(24)27-11-16(25)15(9-20)12(2)21/h3-7,15,21H,1,8,10-11H2,2H3. The van der Waals surface area contributed by atoms with Gasteiger partial charge in [0.1, 0.15) is 24.1 Å². The van der Waals surface area contributed by atoms with Crippen LogP contribution in [-0.4, -0.2) is 32.0 Å². The smallest absolute Gasteiger partial charge is 0.192 e. The largest absolute Gasteiger partial charge is 0.486 e. The zero-order valence-corrected chi connectivity index (χ0v) is 15.5. The van der Waals surface area contributed by atoms with Gasteiger partial charge in [0.05, 0.1) is 11.8 Å². The first-order valence-electron chi connectivity index (χ1n) is 7.97. The number of benzene rings is 1. The van der Waals surface area contributed by atoms with E-state index < -0.39 is 5.92 Å². The molecule has 0 amide bonds. The Morgan fingerprint density at radius 2 is 2.19 bits per heavy atom. The zero-order chi connectivity index (χ0) is 19.8. The van der Waals surface area contributed by atoms with Crippen LogP contribution in [0, 0.1) is 28.5 Å². The highest BCUT2D eigenvalue weighted by Crippen LogP contribution is 2.20. The van der Waals surface area contributed by atoms with Gasteiger partial charge in [-0.1, -0.05) is 17.8 Å². The first-order valence-corrected chi connectivity index (χ1v) is 8.96. The normalized spacial score (nSPS) is 11.4. The van der Waals surface area contributed by atoms with Gasteiger partial charge in [-0.3, -0.25) is 9.36 Å². The van der Waals surface area contributed by atoms with Crippen molar-refractivity contribution in [1.29, 1.82) is 10.7 Å². The molecule has 1 heterocycles. The van der Waals surface area contributed by atoms with Crippen LogP contribution in [0.3, 0.4) is 0 Å². The molecule has 0 saturated carbocycles. The maximum atomic E-state index is 12.9. The third kappa shape index (κ3) is 5.49. The number of allylic oxidation sites excluding steroid dienone is 1. The maximum absolute atomic E-state index is 12.9.